The summed E-state index contributed by atoms with van der Waals surface area (Å²) >= 11 is 15.3. The minimum Gasteiger partial charge on any atom is -0.373 e. The van der Waals surface area contributed by atoms with Gasteiger partial charge in [0.15, 0.2) is 0 Å². The van der Waals surface area contributed by atoms with Crippen molar-refractivity contribution < 1.29 is 4.74 Å². The van der Waals surface area contributed by atoms with Crippen molar-refractivity contribution in [3.63, 3.8) is 0 Å². The molecule has 0 unspecified atom stereocenters. The summed E-state index contributed by atoms with van der Waals surface area (Å²) in [4.78, 5) is 14.2. The summed E-state index contributed by atoms with van der Waals surface area (Å²) in [6.45, 7) is 2.15. The lowest BCUT2D eigenvalue weighted by atomic mass is 10.1. The lowest BCUT2D eigenvalue weighted by Gasteiger charge is -2.33. The van der Waals surface area contributed by atoms with E-state index in [-0.39, 0.29) is 11.7 Å². The van der Waals surface area contributed by atoms with Crippen LogP contribution in [0.2, 0.25) is 10.0 Å². The molecule has 134 valence electrons. The van der Waals surface area contributed by atoms with Gasteiger partial charge in [0.2, 0.25) is 0 Å². The Kier molecular flexibility index (Phi) is 6.04. The highest BCUT2D eigenvalue weighted by Crippen LogP contribution is 2.27. The van der Waals surface area contributed by atoms with Crippen LogP contribution in [0, 0.1) is 0 Å². The Bertz CT molecular complexity index is 820. The van der Waals surface area contributed by atoms with Crippen LogP contribution < -0.4 is 10.5 Å². The summed E-state index contributed by atoms with van der Waals surface area (Å²) in [7, 11) is 1.64. The Morgan fingerprint density at radius 2 is 2.00 bits per heavy atom. The molecule has 0 spiro atoms. The summed E-state index contributed by atoms with van der Waals surface area (Å²) in [5.41, 5.74) is 1.72. The van der Waals surface area contributed by atoms with Crippen molar-refractivity contribution in [2.24, 2.45) is 7.05 Å². The van der Waals surface area contributed by atoms with E-state index in [1.807, 2.05) is 12.1 Å². The SMILES string of the molecule is Cn1ncc(N2CCC(OCc3ccc(Cl)c(Cl)c3)CC2)c(Br)c1=O. The van der Waals surface area contributed by atoms with Crippen molar-refractivity contribution in [2.45, 2.75) is 25.6 Å². The van der Waals surface area contributed by atoms with Crippen LogP contribution in [-0.2, 0) is 18.4 Å². The molecule has 3 rings (SSSR count). The molecule has 0 saturated carbocycles. The maximum absolute atomic E-state index is 12.0. The van der Waals surface area contributed by atoms with Crippen molar-refractivity contribution in [3.05, 3.63) is 54.8 Å². The molecule has 8 heteroatoms. The van der Waals surface area contributed by atoms with Crippen molar-refractivity contribution in [2.75, 3.05) is 18.0 Å². The topological polar surface area (TPSA) is 47.4 Å². The third kappa shape index (κ3) is 4.37. The van der Waals surface area contributed by atoms with Crippen molar-refractivity contribution in [1.82, 2.24) is 9.78 Å². The van der Waals surface area contributed by atoms with E-state index in [4.69, 9.17) is 27.9 Å². The number of piperidine rings is 1. The molecule has 1 fully saturated rings. The van der Waals surface area contributed by atoms with Gasteiger partial charge in [-0.05, 0) is 46.5 Å². The number of hydrogen-bond acceptors (Lipinski definition) is 4. The summed E-state index contributed by atoms with van der Waals surface area (Å²) < 4.78 is 7.88. The lowest BCUT2D eigenvalue weighted by Crippen LogP contribution is -2.38. The largest absolute Gasteiger partial charge is 0.373 e. The second kappa shape index (κ2) is 8.08. The van der Waals surface area contributed by atoms with E-state index >= 15 is 0 Å². The van der Waals surface area contributed by atoms with Gasteiger partial charge < -0.3 is 9.64 Å². The molecule has 0 radical (unpaired) electrons. The highest BCUT2D eigenvalue weighted by atomic mass is 79.9. The van der Waals surface area contributed by atoms with Gasteiger partial charge in [-0.15, -0.1) is 0 Å². The van der Waals surface area contributed by atoms with Gasteiger partial charge in [-0.3, -0.25) is 4.79 Å². The van der Waals surface area contributed by atoms with E-state index in [9.17, 15) is 4.79 Å². The number of hydrogen-bond donors (Lipinski definition) is 0. The van der Waals surface area contributed by atoms with Gasteiger partial charge in [0.1, 0.15) is 4.47 Å². The molecule has 2 heterocycles. The maximum Gasteiger partial charge on any atom is 0.282 e. The van der Waals surface area contributed by atoms with Gasteiger partial charge >= 0.3 is 0 Å². The number of aromatic nitrogens is 2. The average Bonchev–Trinajstić information content (AvgIpc) is 2.61. The number of anilines is 1. The second-order valence-electron chi connectivity index (χ2n) is 6.02. The molecule has 1 aromatic heterocycles. The monoisotopic (exact) mass is 445 g/mol. The summed E-state index contributed by atoms with van der Waals surface area (Å²) in [5.74, 6) is 0. The molecule has 1 aromatic carbocycles. The molecule has 1 aliphatic heterocycles. The Balaban J connectivity index is 1.56. The predicted molar refractivity (Wildman–Crippen MR) is 104 cm³/mol. The quantitative estimate of drug-likeness (QED) is 0.711. The fourth-order valence-corrected chi connectivity index (χ4v) is 3.76. The first kappa shape index (κ1) is 18.7. The van der Waals surface area contributed by atoms with Gasteiger partial charge in [-0.1, -0.05) is 29.3 Å². The number of halogens is 3. The minimum atomic E-state index is -0.129. The van der Waals surface area contributed by atoms with Gasteiger partial charge in [0.25, 0.3) is 5.56 Å². The molecule has 0 atom stereocenters. The molecule has 0 amide bonds. The molecule has 0 aliphatic carbocycles. The van der Waals surface area contributed by atoms with Crippen LogP contribution in [0.15, 0.2) is 33.7 Å². The molecule has 2 aromatic rings. The van der Waals surface area contributed by atoms with E-state index in [0.29, 0.717) is 21.1 Å². The zero-order valence-electron chi connectivity index (χ0n) is 13.7. The normalized spacial score (nSPS) is 15.6. The number of ether oxygens (including phenoxy) is 1. The Morgan fingerprint density at radius 3 is 2.68 bits per heavy atom. The van der Waals surface area contributed by atoms with E-state index in [1.54, 1.807) is 19.3 Å². The van der Waals surface area contributed by atoms with Crippen LogP contribution in [0.4, 0.5) is 5.69 Å². The summed E-state index contributed by atoms with van der Waals surface area (Å²) in [6.07, 6.45) is 3.69. The van der Waals surface area contributed by atoms with Crippen molar-refractivity contribution in [3.8, 4) is 0 Å². The third-order valence-corrected chi connectivity index (χ3v) is 5.80. The Hall–Kier alpha value is -1.08. The summed E-state index contributed by atoms with van der Waals surface area (Å²) in [5, 5.41) is 5.19. The van der Waals surface area contributed by atoms with E-state index in [0.717, 1.165) is 37.2 Å². The van der Waals surface area contributed by atoms with Crippen LogP contribution in [0.1, 0.15) is 18.4 Å². The van der Waals surface area contributed by atoms with Crippen LogP contribution in [0.3, 0.4) is 0 Å². The first-order valence-electron chi connectivity index (χ1n) is 7.98. The molecular weight excluding hydrogens is 429 g/mol. The van der Waals surface area contributed by atoms with E-state index < -0.39 is 0 Å². The van der Waals surface area contributed by atoms with Crippen molar-refractivity contribution in [1.29, 1.82) is 0 Å². The van der Waals surface area contributed by atoms with Crippen molar-refractivity contribution >= 4 is 44.8 Å². The van der Waals surface area contributed by atoms with E-state index in [2.05, 4.69) is 25.9 Å². The number of benzene rings is 1. The minimum absolute atomic E-state index is 0.129. The zero-order chi connectivity index (χ0) is 18.0. The molecule has 0 N–H and O–H groups in total. The standard InChI is InChI=1S/C17H18BrCl2N3O2/c1-22-17(24)16(18)15(9-21-22)23-6-4-12(5-7-23)25-10-11-2-3-13(19)14(20)8-11/h2-3,8-9,12H,4-7,10H2,1H3. The van der Waals surface area contributed by atoms with Gasteiger partial charge in [-0.2, -0.15) is 5.10 Å². The lowest BCUT2D eigenvalue weighted by molar-refractivity contribution is 0.0251. The molecule has 5 nitrogen and oxygen atoms in total. The fraction of sp³-hybridized carbons (Fsp3) is 0.412. The molecule has 25 heavy (non-hydrogen) atoms. The smallest absolute Gasteiger partial charge is 0.282 e. The van der Waals surface area contributed by atoms with Gasteiger partial charge in [0, 0.05) is 20.1 Å². The maximum atomic E-state index is 12.0. The number of aryl methyl sites for hydroxylation is 1. The van der Waals surface area contributed by atoms with E-state index in [1.165, 1.54) is 4.68 Å². The molecule has 1 aliphatic rings. The van der Waals surface area contributed by atoms with Crippen LogP contribution in [0.5, 0.6) is 0 Å². The average molecular weight is 447 g/mol. The summed E-state index contributed by atoms with van der Waals surface area (Å²) in [6, 6.07) is 5.54. The zero-order valence-corrected chi connectivity index (χ0v) is 16.8. The van der Waals surface area contributed by atoms with Crippen LogP contribution in [-0.4, -0.2) is 29.0 Å². The highest BCUT2D eigenvalue weighted by molar-refractivity contribution is 9.10. The third-order valence-electron chi connectivity index (χ3n) is 4.31. The molecule has 1 saturated heterocycles. The second-order valence-corrected chi connectivity index (χ2v) is 7.63. The van der Waals surface area contributed by atoms with Crippen LogP contribution >= 0.6 is 39.1 Å². The predicted octanol–water partition coefficient (Wildman–Crippen LogP) is 4.04. The first-order chi connectivity index (χ1) is 12.0. The van der Waals surface area contributed by atoms with Crippen LogP contribution in [0.25, 0.3) is 0 Å². The first-order valence-corrected chi connectivity index (χ1v) is 9.53. The highest BCUT2D eigenvalue weighted by Gasteiger charge is 2.22. The fourth-order valence-electron chi connectivity index (χ4n) is 2.83. The van der Waals surface area contributed by atoms with Gasteiger partial charge in [0.05, 0.1) is 34.6 Å². The van der Waals surface area contributed by atoms with Gasteiger partial charge in [-0.25, -0.2) is 4.68 Å². The number of nitrogens with zero attached hydrogens (tertiary/aromatic N) is 3. The Morgan fingerprint density at radius 1 is 1.28 bits per heavy atom. The molecular formula is C17H18BrCl2N3O2. The number of rotatable bonds is 4. The Labute approximate surface area is 164 Å². The molecule has 0 bridgehead atoms.